The molecule has 114 valence electrons. The normalized spacial score (nSPS) is 12.4. The molecule has 1 heterocycles. The number of imidazole rings is 1. The molecule has 1 aromatic heterocycles. The van der Waals surface area contributed by atoms with E-state index in [4.69, 9.17) is 4.74 Å². The minimum Gasteiger partial charge on any atom is -0.383 e. The van der Waals surface area contributed by atoms with Gasteiger partial charge in [-0.25, -0.2) is 4.98 Å². The summed E-state index contributed by atoms with van der Waals surface area (Å²) in [5.74, 6) is 0.876. The van der Waals surface area contributed by atoms with Crippen molar-refractivity contribution in [2.45, 2.75) is 40.2 Å². The number of hydrogen-bond acceptors (Lipinski definition) is 3. The Bertz CT molecular complexity index is 604. The summed E-state index contributed by atoms with van der Waals surface area (Å²) < 4.78 is 7.41. The van der Waals surface area contributed by atoms with Gasteiger partial charge < -0.3 is 14.6 Å². The molecular weight excluding hydrogens is 262 g/mol. The number of aromatic nitrogens is 2. The second-order valence-corrected chi connectivity index (χ2v) is 5.51. The molecule has 1 atom stereocenters. The predicted molar refractivity (Wildman–Crippen MR) is 87.4 cm³/mol. The molecule has 1 unspecified atom stereocenters. The van der Waals surface area contributed by atoms with Crippen LogP contribution in [0.2, 0.25) is 0 Å². The lowest BCUT2D eigenvalue weighted by Crippen LogP contribution is -2.13. The molecule has 0 aliphatic carbocycles. The molecule has 0 radical (unpaired) electrons. The summed E-state index contributed by atoms with van der Waals surface area (Å²) in [6.45, 7) is 9.11. The molecule has 21 heavy (non-hydrogen) atoms. The molecule has 1 aromatic carbocycles. The highest BCUT2D eigenvalue weighted by molar-refractivity contribution is 5.63. The van der Waals surface area contributed by atoms with E-state index in [9.17, 15) is 0 Å². The summed E-state index contributed by atoms with van der Waals surface area (Å²) in [6.07, 6.45) is 3.06. The average Bonchev–Trinajstić information content (AvgIpc) is 2.82. The van der Waals surface area contributed by atoms with Crippen LogP contribution in [0.3, 0.4) is 0 Å². The maximum absolute atomic E-state index is 5.26. The number of rotatable bonds is 6. The van der Waals surface area contributed by atoms with Crippen molar-refractivity contribution in [2.24, 2.45) is 0 Å². The summed E-state index contributed by atoms with van der Waals surface area (Å²) in [4.78, 5) is 4.62. The van der Waals surface area contributed by atoms with Crippen molar-refractivity contribution < 1.29 is 4.74 Å². The Morgan fingerprint density at radius 1 is 1.33 bits per heavy atom. The Kier molecular flexibility index (Phi) is 5.02. The van der Waals surface area contributed by atoms with E-state index in [1.165, 1.54) is 11.1 Å². The molecule has 0 aliphatic rings. The molecule has 4 heteroatoms. The van der Waals surface area contributed by atoms with Gasteiger partial charge in [-0.2, -0.15) is 0 Å². The maximum Gasteiger partial charge on any atom is 0.207 e. The van der Waals surface area contributed by atoms with E-state index < -0.39 is 0 Å². The second-order valence-electron chi connectivity index (χ2n) is 5.51. The van der Waals surface area contributed by atoms with E-state index in [1.54, 1.807) is 7.11 Å². The number of nitrogens with one attached hydrogen (secondary N) is 1. The van der Waals surface area contributed by atoms with Crippen LogP contribution in [0.15, 0.2) is 24.4 Å². The molecule has 2 aromatic rings. The van der Waals surface area contributed by atoms with Crippen LogP contribution in [0.1, 0.15) is 36.7 Å². The number of methoxy groups -OCH3 is 1. The van der Waals surface area contributed by atoms with Crippen molar-refractivity contribution in [1.29, 1.82) is 0 Å². The quantitative estimate of drug-likeness (QED) is 0.872. The monoisotopic (exact) mass is 287 g/mol. The van der Waals surface area contributed by atoms with Crippen LogP contribution in [0.25, 0.3) is 0 Å². The van der Waals surface area contributed by atoms with Gasteiger partial charge in [0.15, 0.2) is 0 Å². The van der Waals surface area contributed by atoms with E-state index in [0.29, 0.717) is 6.61 Å². The maximum atomic E-state index is 5.26. The Morgan fingerprint density at radius 3 is 2.76 bits per heavy atom. The third-order valence-corrected chi connectivity index (χ3v) is 3.71. The summed E-state index contributed by atoms with van der Waals surface area (Å²) in [5, 5.41) is 3.52. The number of hydrogen-bond donors (Lipinski definition) is 1. The van der Waals surface area contributed by atoms with Crippen LogP contribution in [0, 0.1) is 13.8 Å². The van der Waals surface area contributed by atoms with Gasteiger partial charge >= 0.3 is 0 Å². The van der Waals surface area contributed by atoms with Crippen molar-refractivity contribution in [1.82, 2.24) is 9.55 Å². The fourth-order valence-corrected chi connectivity index (χ4v) is 2.58. The minimum atomic E-state index is 0.243. The lowest BCUT2D eigenvalue weighted by molar-refractivity contribution is 0.163. The Balaban J connectivity index is 2.36. The second kappa shape index (κ2) is 6.76. The third kappa shape index (κ3) is 3.45. The first kappa shape index (κ1) is 15.6. The lowest BCUT2D eigenvalue weighted by Gasteiger charge is -2.18. The fraction of sp³-hybridized carbons (Fsp3) is 0.471. The fourth-order valence-electron chi connectivity index (χ4n) is 2.58. The van der Waals surface area contributed by atoms with Gasteiger partial charge in [-0.05, 0) is 38.3 Å². The number of para-hydroxylation sites is 1. The van der Waals surface area contributed by atoms with Gasteiger partial charge in [0.25, 0.3) is 0 Å². The summed E-state index contributed by atoms with van der Waals surface area (Å²) >= 11 is 0. The van der Waals surface area contributed by atoms with Crippen LogP contribution in [0.5, 0.6) is 0 Å². The van der Waals surface area contributed by atoms with Crippen LogP contribution in [0.4, 0.5) is 11.6 Å². The standard InChI is InChI=1S/C17H25N3O/c1-6-15-9-7-8-12(2)16(15)19-17-18-13(3)10-20(17)14(4)11-21-5/h7-10,14H,6,11H2,1-5H3,(H,18,19). The molecular formula is C17H25N3O. The molecule has 4 nitrogen and oxygen atoms in total. The van der Waals surface area contributed by atoms with Gasteiger partial charge in [-0.3, -0.25) is 0 Å². The van der Waals surface area contributed by atoms with E-state index in [0.717, 1.165) is 23.8 Å². The molecule has 0 bridgehead atoms. The van der Waals surface area contributed by atoms with Crippen LogP contribution >= 0.6 is 0 Å². The van der Waals surface area contributed by atoms with Gasteiger partial charge in [0.05, 0.1) is 18.3 Å². The molecule has 0 spiro atoms. The van der Waals surface area contributed by atoms with Crippen molar-refractivity contribution in [3.63, 3.8) is 0 Å². The molecule has 0 aliphatic heterocycles. The number of aryl methyl sites for hydroxylation is 3. The Labute approximate surface area is 127 Å². The first-order valence-corrected chi connectivity index (χ1v) is 7.46. The summed E-state index contributed by atoms with van der Waals surface area (Å²) in [5.41, 5.74) is 4.71. The van der Waals surface area contributed by atoms with E-state index in [-0.39, 0.29) is 6.04 Å². The zero-order chi connectivity index (χ0) is 15.4. The lowest BCUT2D eigenvalue weighted by atomic mass is 10.1. The van der Waals surface area contributed by atoms with Gasteiger partial charge in [0, 0.05) is 19.0 Å². The average molecular weight is 287 g/mol. The topological polar surface area (TPSA) is 39.1 Å². The SMILES string of the molecule is CCc1cccc(C)c1Nc1nc(C)cn1C(C)COC. The molecule has 0 amide bonds. The number of nitrogens with zero attached hydrogens (tertiary/aromatic N) is 2. The van der Waals surface area contributed by atoms with Gasteiger partial charge in [-0.15, -0.1) is 0 Å². The molecule has 0 fully saturated rings. The Hall–Kier alpha value is -1.81. The van der Waals surface area contributed by atoms with Crippen LogP contribution < -0.4 is 5.32 Å². The number of benzene rings is 1. The van der Waals surface area contributed by atoms with E-state index in [1.807, 2.05) is 6.92 Å². The zero-order valence-corrected chi connectivity index (χ0v) is 13.6. The molecule has 2 rings (SSSR count). The molecule has 0 saturated carbocycles. The molecule has 0 saturated heterocycles. The van der Waals surface area contributed by atoms with Crippen molar-refractivity contribution >= 4 is 11.6 Å². The summed E-state index contributed by atoms with van der Waals surface area (Å²) in [7, 11) is 1.73. The number of anilines is 2. The highest BCUT2D eigenvalue weighted by atomic mass is 16.5. The summed E-state index contributed by atoms with van der Waals surface area (Å²) in [6, 6.07) is 6.63. The van der Waals surface area contributed by atoms with Crippen molar-refractivity contribution in [3.8, 4) is 0 Å². The highest BCUT2D eigenvalue weighted by Gasteiger charge is 2.14. The van der Waals surface area contributed by atoms with Gasteiger partial charge in [0.2, 0.25) is 5.95 Å². The highest BCUT2D eigenvalue weighted by Crippen LogP contribution is 2.26. The smallest absolute Gasteiger partial charge is 0.207 e. The molecule has 1 N–H and O–H groups in total. The first-order chi connectivity index (χ1) is 10.1. The minimum absolute atomic E-state index is 0.243. The largest absolute Gasteiger partial charge is 0.383 e. The van der Waals surface area contributed by atoms with Crippen LogP contribution in [-0.2, 0) is 11.2 Å². The van der Waals surface area contributed by atoms with E-state index in [2.05, 4.69) is 60.0 Å². The van der Waals surface area contributed by atoms with Gasteiger partial charge in [-0.1, -0.05) is 25.1 Å². The van der Waals surface area contributed by atoms with Crippen molar-refractivity contribution in [3.05, 3.63) is 41.2 Å². The van der Waals surface area contributed by atoms with Gasteiger partial charge in [0.1, 0.15) is 0 Å². The Morgan fingerprint density at radius 2 is 2.10 bits per heavy atom. The number of ether oxygens (including phenoxy) is 1. The predicted octanol–water partition coefficient (Wildman–Crippen LogP) is 4.01. The first-order valence-electron chi connectivity index (χ1n) is 7.46. The third-order valence-electron chi connectivity index (χ3n) is 3.71. The van der Waals surface area contributed by atoms with Crippen LogP contribution in [-0.4, -0.2) is 23.3 Å². The zero-order valence-electron chi connectivity index (χ0n) is 13.6. The van der Waals surface area contributed by atoms with E-state index >= 15 is 0 Å². The van der Waals surface area contributed by atoms with Crippen molar-refractivity contribution in [2.75, 3.05) is 19.0 Å².